The highest BCUT2D eigenvalue weighted by Crippen LogP contribution is 2.37. The molecule has 12 aromatic heterocycles. The lowest BCUT2D eigenvalue weighted by atomic mass is 9.93. The fourth-order valence-corrected chi connectivity index (χ4v) is 12.6. The number of aromatic nitrogens is 16. The van der Waals surface area contributed by atoms with Crippen LogP contribution < -0.4 is 18.3 Å². The number of hydrogen-bond acceptors (Lipinski definition) is 4. The van der Waals surface area contributed by atoms with Crippen LogP contribution in [-0.4, -0.2) is 55.8 Å². The van der Waals surface area contributed by atoms with Gasteiger partial charge in [0.25, 0.3) is 0 Å². The first-order valence-corrected chi connectivity index (χ1v) is 30.5. The number of hydrogen-bond donors (Lipinski definition) is 0. The Bertz CT molecular complexity index is 5980. The van der Waals surface area contributed by atoms with E-state index in [0.717, 1.165) is 51.6 Å². The summed E-state index contributed by atoms with van der Waals surface area (Å²) in [6, 6.07) is 37.1. The third kappa shape index (κ3) is 11.5. The van der Waals surface area contributed by atoms with E-state index in [4.69, 9.17) is 24.7 Å². The molecule has 0 aliphatic heterocycles. The van der Waals surface area contributed by atoms with Gasteiger partial charge in [0.1, 0.15) is 51.0 Å². The van der Waals surface area contributed by atoms with Crippen molar-refractivity contribution in [2.75, 3.05) is 0 Å². The molecule has 4 aromatic carbocycles. The second-order valence-corrected chi connectivity index (χ2v) is 23.4. The Kier molecular flexibility index (Phi) is 11.8. The number of fused-ring (bicyclic) bond motifs is 4. The van der Waals surface area contributed by atoms with Crippen LogP contribution in [0.3, 0.4) is 0 Å². The fraction of sp³-hybridized carbons (Fsp3) is 0.190. The van der Waals surface area contributed by atoms with Crippen LogP contribution in [0.25, 0.3) is 113 Å². The number of aryl methyl sites for hydroxylation is 15. The molecule has 95 heavy (non-hydrogen) atoms. The van der Waals surface area contributed by atoms with Gasteiger partial charge in [0.15, 0.2) is 24.8 Å². The zero-order chi connectivity index (χ0) is 81.5. The lowest BCUT2D eigenvalue weighted by Crippen LogP contribution is -2.32. The van der Waals surface area contributed by atoms with Gasteiger partial charge in [-0.3, -0.25) is 17.6 Å². The summed E-state index contributed by atoms with van der Waals surface area (Å²) in [6.45, 7) is -12.5. The summed E-state index contributed by atoms with van der Waals surface area (Å²) in [5.74, 6) is 3.14. The number of pyridine rings is 4. The summed E-state index contributed by atoms with van der Waals surface area (Å²) in [6.07, 6.45) is 29.7. The molecule has 0 fully saturated rings. The van der Waals surface area contributed by atoms with Gasteiger partial charge in [-0.15, -0.1) is 0 Å². The third-order valence-corrected chi connectivity index (χ3v) is 17.4. The first-order valence-electron chi connectivity index (χ1n) is 39.5. The summed E-state index contributed by atoms with van der Waals surface area (Å²) >= 11 is 0. The van der Waals surface area contributed by atoms with Crippen molar-refractivity contribution in [3.63, 3.8) is 0 Å². The van der Waals surface area contributed by atoms with Crippen molar-refractivity contribution in [2.24, 2.45) is 56.4 Å². The maximum absolute atomic E-state index is 8.03. The Labute approximate surface area is 580 Å². The highest BCUT2D eigenvalue weighted by Gasteiger charge is 2.27. The molecule has 0 aliphatic rings. The van der Waals surface area contributed by atoms with E-state index in [9.17, 15) is 0 Å². The Morgan fingerprint density at radius 2 is 0.716 bits per heavy atom. The van der Waals surface area contributed by atoms with Gasteiger partial charge in [0.2, 0.25) is 45.9 Å². The Morgan fingerprint density at radius 3 is 1.16 bits per heavy atom. The van der Waals surface area contributed by atoms with E-state index in [-0.39, 0.29) is 44.5 Å². The normalized spacial score (nSPS) is 14.9. The van der Waals surface area contributed by atoms with Gasteiger partial charge in [-0.05, 0) is 121 Å². The zero-order valence-electron chi connectivity index (χ0n) is 72.0. The first kappa shape index (κ1) is 44.1. The van der Waals surface area contributed by atoms with Crippen LogP contribution in [0.4, 0.5) is 0 Å². The number of benzene rings is 4. The summed E-state index contributed by atoms with van der Waals surface area (Å²) < 4.78 is 167. The number of imidazole rings is 8. The van der Waals surface area contributed by atoms with Crippen molar-refractivity contribution in [1.29, 1.82) is 0 Å². The van der Waals surface area contributed by atoms with Crippen molar-refractivity contribution >= 4 is 23.1 Å². The van der Waals surface area contributed by atoms with Gasteiger partial charge in [-0.1, -0.05) is 91.0 Å². The van der Waals surface area contributed by atoms with E-state index in [1.165, 1.54) is 64.8 Å². The molecular formula is C79H82N16+4. The predicted molar refractivity (Wildman–Crippen MR) is 378 cm³/mol. The summed E-state index contributed by atoms with van der Waals surface area (Å²) in [4.78, 5) is 17.4. The molecule has 16 nitrogen and oxygen atoms in total. The van der Waals surface area contributed by atoms with E-state index in [1.54, 1.807) is 84.9 Å². The molecule has 474 valence electrons. The quantitative estimate of drug-likeness (QED) is 0.141. The van der Waals surface area contributed by atoms with Gasteiger partial charge in [-0.2, -0.15) is 18.3 Å². The molecule has 12 heterocycles. The molecule has 16 heteroatoms. The van der Waals surface area contributed by atoms with Crippen LogP contribution in [-0.2, 0) is 56.4 Å². The highest BCUT2D eigenvalue weighted by molar-refractivity contribution is 5.83. The zero-order valence-corrected chi connectivity index (χ0v) is 54.0. The van der Waals surface area contributed by atoms with Crippen LogP contribution in [0.5, 0.6) is 0 Å². The number of rotatable bonds is 8. The van der Waals surface area contributed by atoms with E-state index < -0.39 is 41.1 Å². The standard InChI is InChI=1S/3C20H21N4.C19H19N4/c2*1-14-7-5-8-15(2)18(14)16-9-6-11-22(3)19(16)17-13-24-12-10-21-20(24)23(17)4;1-14-7-5-6-8-16(14)17-11-18(22(3)12-15(17)2)19-13-24-10-9-21-20(24)23(19)4;1-14-11-17(18-13-23-10-9-20-19(23)22(18)3)21(2)12-16(14)15-7-5-4-6-8-15/h3*5-13H,1-4H3;4-13H,1-3H3/q4*+1/i3*1D3,2D3;. The van der Waals surface area contributed by atoms with Crippen LogP contribution in [0.15, 0.2) is 227 Å². The molecule has 0 amide bonds. The summed E-state index contributed by atoms with van der Waals surface area (Å²) in [5, 5.41) is 0. The first-order chi connectivity index (χ1) is 53.1. The minimum atomic E-state index is -2.47. The molecular weight excluding hydrogens is 1170 g/mol. The van der Waals surface area contributed by atoms with Crippen molar-refractivity contribution in [1.82, 2.24) is 55.8 Å². The van der Waals surface area contributed by atoms with E-state index in [0.29, 0.717) is 33.6 Å². The third-order valence-electron chi connectivity index (χ3n) is 17.4. The molecule has 16 aromatic rings. The summed E-state index contributed by atoms with van der Waals surface area (Å²) in [7, 11) is 15.2. The maximum Gasteiger partial charge on any atom is 0.238 e. The van der Waals surface area contributed by atoms with Gasteiger partial charge in [0.05, 0.1) is 11.1 Å². The Balaban J connectivity index is 0.000000132. The predicted octanol–water partition coefficient (Wildman–Crippen LogP) is 13.5. The van der Waals surface area contributed by atoms with E-state index in [1.807, 2.05) is 139 Å². The smallest absolute Gasteiger partial charge is 0.238 e. The molecule has 0 aliphatic carbocycles. The monoisotopic (exact) mass is 1270 g/mol. The molecule has 0 unspecified atom stereocenters. The van der Waals surface area contributed by atoms with Crippen molar-refractivity contribution < 1.29 is 42.9 Å². The lowest BCUT2D eigenvalue weighted by Gasteiger charge is -2.13. The van der Waals surface area contributed by atoms with Crippen LogP contribution in [0, 0.1) is 48.0 Å². The molecule has 0 saturated heterocycles. The van der Waals surface area contributed by atoms with Crippen molar-refractivity contribution in [2.45, 2.75) is 48.0 Å². The lowest BCUT2D eigenvalue weighted by molar-refractivity contribution is -0.660. The number of nitrogens with zero attached hydrogens (tertiary/aromatic N) is 16. The molecule has 0 radical (unpaired) electrons. The van der Waals surface area contributed by atoms with Gasteiger partial charge < -0.3 is 18.3 Å². The second-order valence-electron chi connectivity index (χ2n) is 23.4. The van der Waals surface area contributed by atoms with Crippen LogP contribution >= 0.6 is 0 Å². The largest absolute Gasteiger partial charge is 0.308 e. The second kappa shape index (κ2) is 25.5. The Hall–Kier alpha value is -11.5. The minimum absolute atomic E-state index is 0.0163. The molecule has 0 spiro atoms. The molecule has 0 bridgehead atoms. The van der Waals surface area contributed by atoms with E-state index in [2.05, 4.69) is 97.2 Å². The van der Waals surface area contributed by atoms with Gasteiger partial charge in [0, 0.05) is 163 Å². The van der Waals surface area contributed by atoms with Crippen LogP contribution in [0.1, 0.15) is 63.6 Å². The molecule has 16 rings (SSSR count). The van der Waals surface area contributed by atoms with Gasteiger partial charge in [-0.25, -0.2) is 19.9 Å². The maximum atomic E-state index is 8.03. The van der Waals surface area contributed by atoms with Gasteiger partial charge >= 0.3 is 0 Å². The topological polar surface area (TPSA) is 104 Å². The molecule has 0 N–H and O–H groups in total. The fourth-order valence-electron chi connectivity index (χ4n) is 12.6. The van der Waals surface area contributed by atoms with Crippen LogP contribution in [0.2, 0.25) is 0 Å². The SMILES string of the molecule is Cc1cc(-c2cn3ccnc3n2C)[n+](C)cc1-c1ccccc1.[2H]C([2H])([2H])c1cccc(C([2H])([2H])[2H])c1-c1ccc[n+](C)c1-c1cn2ccnc2n1C.[2H]C([2H])([2H])c1cccc(C([2H])([2H])[2H])c1-c1ccc[n+](C)c1-c1cn2ccnc2n1C.[2H]C([2H])([2H])c1ccccc1-c1cc(-c2cn3ccnc3n2C)[n+](C)cc1C([2H])([2H])[2H]. The Morgan fingerprint density at radius 1 is 0.337 bits per heavy atom. The average Bonchev–Trinajstić information content (AvgIpc) is 1.64. The van der Waals surface area contributed by atoms with Crippen molar-refractivity contribution in [3.05, 3.63) is 265 Å². The molecule has 0 atom stereocenters. The van der Waals surface area contributed by atoms with E-state index >= 15 is 0 Å². The average molecular weight is 1270 g/mol. The highest BCUT2D eigenvalue weighted by atomic mass is 15.2. The minimum Gasteiger partial charge on any atom is -0.308 e. The van der Waals surface area contributed by atoms with Crippen molar-refractivity contribution in [3.8, 4) is 90.1 Å². The molecule has 0 saturated carbocycles. The summed E-state index contributed by atoms with van der Waals surface area (Å²) in [5.41, 5.74) is 13.2.